The van der Waals surface area contributed by atoms with Gasteiger partial charge in [0.1, 0.15) is 0 Å². The lowest BCUT2D eigenvalue weighted by molar-refractivity contribution is 0.0934. The van der Waals surface area contributed by atoms with Gasteiger partial charge >= 0.3 is 0 Å². The smallest absolute Gasteiger partial charge is 0.254 e. The van der Waals surface area contributed by atoms with Crippen molar-refractivity contribution >= 4 is 5.91 Å². The molecule has 2 rings (SSSR count). The van der Waals surface area contributed by atoms with Crippen LogP contribution in [0.25, 0.3) is 0 Å². The topological polar surface area (TPSA) is 67.2 Å². The van der Waals surface area contributed by atoms with E-state index in [1.807, 2.05) is 10.9 Å². The summed E-state index contributed by atoms with van der Waals surface area (Å²) in [6.07, 6.45) is 7.87. The minimum Gasteiger partial charge on any atom is -0.396 e. The van der Waals surface area contributed by atoms with Gasteiger partial charge in [-0.25, -0.2) is 0 Å². The molecule has 0 bridgehead atoms. The highest BCUT2D eigenvalue weighted by atomic mass is 16.3. The molecule has 5 heteroatoms. The van der Waals surface area contributed by atoms with Crippen molar-refractivity contribution in [3.63, 3.8) is 0 Å². The largest absolute Gasteiger partial charge is 0.396 e. The first-order valence-corrected chi connectivity index (χ1v) is 8.00. The van der Waals surface area contributed by atoms with E-state index in [-0.39, 0.29) is 12.5 Å². The molecular formula is C16H27N3O2. The van der Waals surface area contributed by atoms with Crippen molar-refractivity contribution in [1.29, 1.82) is 0 Å². The quantitative estimate of drug-likeness (QED) is 0.843. The van der Waals surface area contributed by atoms with Gasteiger partial charge in [0, 0.05) is 25.9 Å². The van der Waals surface area contributed by atoms with Crippen LogP contribution < -0.4 is 5.32 Å². The number of aliphatic hydroxyl groups is 1. The van der Waals surface area contributed by atoms with Gasteiger partial charge in [0.2, 0.25) is 0 Å². The van der Waals surface area contributed by atoms with Crippen LogP contribution in [0.15, 0.2) is 12.4 Å². The Morgan fingerprint density at radius 2 is 2.24 bits per heavy atom. The Labute approximate surface area is 126 Å². The predicted molar refractivity (Wildman–Crippen MR) is 81.9 cm³/mol. The number of aliphatic hydroxyl groups excluding tert-OH is 1. The average Bonchev–Trinajstić information content (AvgIpc) is 2.92. The van der Waals surface area contributed by atoms with E-state index in [1.54, 1.807) is 6.20 Å². The molecule has 0 radical (unpaired) electrons. The van der Waals surface area contributed by atoms with Gasteiger partial charge < -0.3 is 10.4 Å². The molecule has 0 spiro atoms. The maximum atomic E-state index is 12.1. The summed E-state index contributed by atoms with van der Waals surface area (Å²) in [5.41, 5.74) is 0.630. The van der Waals surface area contributed by atoms with Crippen molar-refractivity contribution in [2.24, 2.45) is 17.8 Å². The van der Waals surface area contributed by atoms with E-state index in [1.165, 1.54) is 0 Å². The molecule has 1 aromatic heterocycles. The van der Waals surface area contributed by atoms with E-state index < -0.39 is 0 Å². The SMILES string of the molecule is CC(C)Cn1cc(C(=O)NC[C@H]2CCC[C@@H](CO)C2)cn1. The molecule has 2 N–H and O–H groups in total. The van der Waals surface area contributed by atoms with Crippen LogP contribution in [0.5, 0.6) is 0 Å². The molecule has 1 heterocycles. The summed E-state index contributed by atoms with van der Waals surface area (Å²) >= 11 is 0. The summed E-state index contributed by atoms with van der Waals surface area (Å²) in [7, 11) is 0. The van der Waals surface area contributed by atoms with Crippen LogP contribution in [0.3, 0.4) is 0 Å². The zero-order chi connectivity index (χ0) is 15.2. The summed E-state index contributed by atoms with van der Waals surface area (Å²) < 4.78 is 1.82. The first kappa shape index (κ1) is 16.0. The molecule has 2 atom stereocenters. The van der Waals surface area contributed by atoms with Crippen molar-refractivity contribution in [3.8, 4) is 0 Å². The summed E-state index contributed by atoms with van der Waals surface area (Å²) in [4.78, 5) is 12.1. The molecule has 0 aromatic carbocycles. The lowest BCUT2D eigenvalue weighted by atomic mass is 9.82. The highest BCUT2D eigenvalue weighted by Gasteiger charge is 2.22. The van der Waals surface area contributed by atoms with Crippen molar-refractivity contribution in [2.45, 2.75) is 46.1 Å². The minimum absolute atomic E-state index is 0.0453. The lowest BCUT2D eigenvalue weighted by Gasteiger charge is -2.27. The number of nitrogens with zero attached hydrogens (tertiary/aromatic N) is 2. The second-order valence-electron chi connectivity index (χ2n) is 6.64. The second kappa shape index (κ2) is 7.59. The average molecular weight is 293 g/mol. The molecule has 0 unspecified atom stereocenters. The molecule has 21 heavy (non-hydrogen) atoms. The Balaban J connectivity index is 1.80. The van der Waals surface area contributed by atoms with Crippen LogP contribution in [0, 0.1) is 17.8 Å². The number of rotatable bonds is 6. The number of aromatic nitrogens is 2. The zero-order valence-electron chi connectivity index (χ0n) is 13.1. The Bertz CT molecular complexity index is 456. The third-order valence-electron chi connectivity index (χ3n) is 4.15. The van der Waals surface area contributed by atoms with Crippen LogP contribution in [-0.2, 0) is 6.54 Å². The summed E-state index contributed by atoms with van der Waals surface area (Å²) in [5, 5.41) is 16.5. The van der Waals surface area contributed by atoms with Crippen molar-refractivity contribution in [2.75, 3.05) is 13.2 Å². The van der Waals surface area contributed by atoms with E-state index >= 15 is 0 Å². The number of carbonyl (C=O) groups excluding carboxylic acids is 1. The monoisotopic (exact) mass is 293 g/mol. The molecule has 1 saturated carbocycles. The van der Waals surface area contributed by atoms with E-state index in [4.69, 9.17) is 0 Å². The van der Waals surface area contributed by atoms with Crippen LogP contribution in [0.2, 0.25) is 0 Å². The third kappa shape index (κ3) is 4.84. The van der Waals surface area contributed by atoms with Crippen LogP contribution in [0.4, 0.5) is 0 Å². The van der Waals surface area contributed by atoms with Crippen LogP contribution >= 0.6 is 0 Å². The highest BCUT2D eigenvalue weighted by Crippen LogP contribution is 2.28. The molecule has 0 aliphatic heterocycles. The molecule has 1 aromatic rings. The van der Waals surface area contributed by atoms with Gasteiger partial charge in [-0.3, -0.25) is 9.48 Å². The first-order valence-electron chi connectivity index (χ1n) is 8.00. The standard InChI is InChI=1S/C16H27N3O2/c1-12(2)9-19-10-15(8-18-19)16(21)17-7-13-4-3-5-14(6-13)11-20/h8,10,12-14,20H,3-7,9,11H2,1-2H3,(H,17,21)/t13-,14+/m0/s1. The fourth-order valence-corrected chi connectivity index (χ4v) is 3.05. The van der Waals surface area contributed by atoms with E-state index in [2.05, 4.69) is 24.3 Å². The molecule has 1 fully saturated rings. The second-order valence-corrected chi connectivity index (χ2v) is 6.64. The van der Waals surface area contributed by atoms with Crippen LogP contribution in [-0.4, -0.2) is 33.9 Å². The van der Waals surface area contributed by atoms with Gasteiger partial charge in [0.15, 0.2) is 0 Å². The zero-order valence-corrected chi connectivity index (χ0v) is 13.1. The Kier molecular flexibility index (Phi) is 5.79. The fourth-order valence-electron chi connectivity index (χ4n) is 3.05. The number of amides is 1. The molecule has 0 saturated heterocycles. The first-order chi connectivity index (χ1) is 10.1. The maximum Gasteiger partial charge on any atom is 0.254 e. The van der Waals surface area contributed by atoms with E-state index in [9.17, 15) is 9.90 Å². The minimum atomic E-state index is -0.0453. The molecule has 5 nitrogen and oxygen atoms in total. The highest BCUT2D eigenvalue weighted by molar-refractivity contribution is 5.93. The molecule has 1 aliphatic carbocycles. The van der Waals surface area contributed by atoms with Gasteiger partial charge in [-0.1, -0.05) is 20.3 Å². The summed E-state index contributed by atoms with van der Waals surface area (Å²) in [5.74, 6) is 1.37. The van der Waals surface area contributed by atoms with Gasteiger partial charge in [0.25, 0.3) is 5.91 Å². The lowest BCUT2D eigenvalue weighted by Crippen LogP contribution is -2.32. The molecule has 1 amide bonds. The number of hydrogen-bond donors (Lipinski definition) is 2. The van der Waals surface area contributed by atoms with Gasteiger partial charge in [-0.15, -0.1) is 0 Å². The Morgan fingerprint density at radius 1 is 1.48 bits per heavy atom. The van der Waals surface area contributed by atoms with Gasteiger partial charge in [0.05, 0.1) is 11.8 Å². The van der Waals surface area contributed by atoms with Crippen LogP contribution in [0.1, 0.15) is 49.9 Å². The Morgan fingerprint density at radius 3 is 2.95 bits per heavy atom. The van der Waals surface area contributed by atoms with E-state index in [0.29, 0.717) is 29.9 Å². The molecular weight excluding hydrogens is 266 g/mol. The number of nitrogens with one attached hydrogen (secondary N) is 1. The predicted octanol–water partition coefficient (Wildman–Crippen LogP) is 2.07. The third-order valence-corrected chi connectivity index (χ3v) is 4.15. The fraction of sp³-hybridized carbons (Fsp3) is 0.750. The molecule has 118 valence electrons. The van der Waals surface area contributed by atoms with E-state index in [0.717, 1.165) is 32.2 Å². The van der Waals surface area contributed by atoms with Crippen molar-refractivity contribution < 1.29 is 9.90 Å². The van der Waals surface area contributed by atoms with Crippen molar-refractivity contribution in [3.05, 3.63) is 18.0 Å². The Hall–Kier alpha value is -1.36. The maximum absolute atomic E-state index is 12.1. The number of carbonyl (C=O) groups is 1. The summed E-state index contributed by atoms with van der Waals surface area (Å²) in [6.45, 7) is 6.05. The summed E-state index contributed by atoms with van der Waals surface area (Å²) in [6, 6.07) is 0. The van der Waals surface area contributed by atoms with Gasteiger partial charge in [-0.05, 0) is 37.0 Å². The molecule has 1 aliphatic rings. The number of hydrogen-bond acceptors (Lipinski definition) is 3. The van der Waals surface area contributed by atoms with Gasteiger partial charge in [-0.2, -0.15) is 5.10 Å². The van der Waals surface area contributed by atoms with Crippen molar-refractivity contribution in [1.82, 2.24) is 15.1 Å². The normalized spacial score (nSPS) is 22.5.